The summed E-state index contributed by atoms with van der Waals surface area (Å²) in [6, 6.07) is 18.1. The molecule has 0 radical (unpaired) electrons. The first kappa shape index (κ1) is 10.4. The van der Waals surface area contributed by atoms with Crippen molar-refractivity contribution in [1.29, 1.82) is 0 Å². The Balaban J connectivity index is 2.31. The normalized spacial score (nSPS) is 12.5. The van der Waals surface area contributed by atoms with Crippen LogP contribution in [-0.2, 0) is 0 Å². The Morgan fingerprint density at radius 2 is 0.900 bits per heavy atom. The van der Waals surface area contributed by atoms with E-state index in [9.17, 15) is 0 Å². The molecular weight excluding hydrogens is 240 g/mol. The average molecular weight is 254 g/mol. The molecule has 20 heavy (non-hydrogen) atoms. The molecule has 0 unspecified atom stereocenters. The summed E-state index contributed by atoms with van der Waals surface area (Å²) in [5.41, 5.74) is 2.77. The van der Waals surface area contributed by atoms with E-state index in [1.165, 1.54) is 54.2 Å². The molecule has 0 saturated carbocycles. The van der Waals surface area contributed by atoms with Gasteiger partial charge in [0.15, 0.2) is 0 Å². The van der Waals surface area contributed by atoms with Crippen LogP contribution in [0.4, 0.5) is 0 Å². The molecule has 0 nitrogen and oxygen atoms in total. The third-order valence-electron chi connectivity index (χ3n) is 4.82. The van der Waals surface area contributed by atoms with E-state index in [2.05, 4.69) is 62.4 Å². The Hall–Kier alpha value is -2.34. The molecule has 0 saturated heterocycles. The molecule has 0 amide bonds. The van der Waals surface area contributed by atoms with Crippen molar-refractivity contribution in [3.8, 4) is 0 Å². The highest BCUT2D eigenvalue weighted by Crippen LogP contribution is 2.43. The largest absolute Gasteiger partial charge is 0.0610 e. The maximum absolute atomic E-state index is 2.36. The van der Waals surface area contributed by atoms with Gasteiger partial charge in [0.25, 0.3) is 0 Å². The highest BCUT2D eigenvalue weighted by molar-refractivity contribution is 6.35. The number of hydrogen-bond acceptors (Lipinski definition) is 0. The van der Waals surface area contributed by atoms with Crippen molar-refractivity contribution in [2.24, 2.45) is 0 Å². The molecule has 94 valence electrons. The summed E-state index contributed by atoms with van der Waals surface area (Å²) in [7, 11) is 0. The minimum Gasteiger partial charge on any atom is -0.0610 e. The second-order valence-corrected chi connectivity index (χ2v) is 5.94. The van der Waals surface area contributed by atoms with Crippen LogP contribution in [0.15, 0.2) is 48.5 Å². The molecule has 0 N–H and O–H groups in total. The van der Waals surface area contributed by atoms with Crippen LogP contribution in [-0.4, -0.2) is 0 Å². The topological polar surface area (TPSA) is 0 Å². The molecule has 5 aromatic carbocycles. The van der Waals surface area contributed by atoms with Gasteiger partial charge in [-0.3, -0.25) is 0 Å². The lowest BCUT2D eigenvalue weighted by Crippen LogP contribution is -1.78. The summed E-state index contributed by atoms with van der Waals surface area (Å²) >= 11 is 0. The van der Waals surface area contributed by atoms with E-state index in [-0.39, 0.29) is 0 Å². The number of benzene rings is 3. The molecule has 0 atom stereocenters. The number of rotatable bonds is 0. The first-order valence-electron chi connectivity index (χ1n) is 7.14. The van der Waals surface area contributed by atoms with Gasteiger partial charge in [-0.1, -0.05) is 48.5 Å². The van der Waals surface area contributed by atoms with E-state index < -0.39 is 0 Å². The summed E-state index contributed by atoms with van der Waals surface area (Å²) in [6.07, 6.45) is 0. The molecule has 0 aliphatic rings. The maximum Gasteiger partial charge on any atom is -0.00236 e. The van der Waals surface area contributed by atoms with Crippen LogP contribution in [0.1, 0.15) is 11.1 Å². The zero-order valence-electron chi connectivity index (χ0n) is 11.6. The molecular formula is C20H14. The maximum atomic E-state index is 2.36. The second-order valence-electron chi connectivity index (χ2n) is 5.94. The van der Waals surface area contributed by atoms with Crippen molar-refractivity contribution in [1.82, 2.24) is 0 Å². The molecule has 5 aromatic rings. The van der Waals surface area contributed by atoms with Crippen LogP contribution >= 0.6 is 0 Å². The fraction of sp³-hybridized carbons (Fsp3) is 0.100. The molecule has 5 rings (SSSR count). The summed E-state index contributed by atoms with van der Waals surface area (Å²) < 4.78 is 0. The van der Waals surface area contributed by atoms with Crippen molar-refractivity contribution < 1.29 is 0 Å². The van der Waals surface area contributed by atoms with Gasteiger partial charge < -0.3 is 0 Å². The van der Waals surface area contributed by atoms with Crippen molar-refractivity contribution in [3.63, 3.8) is 0 Å². The van der Waals surface area contributed by atoms with Crippen molar-refractivity contribution in [2.75, 3.05) is 0 Å². The predicted octanol–water partition coefficient (Wildman–Crippen LogP) is 5.79. The molecule has 0 bridgehead atoms. The number of fused-ring (bicyclic) bond motifs is 2. The standard InChI is InChI=1S/C20H14/c1-11-9-17-15-8-4-6-14-12(2)10-18(20(14)15)16-7-3-5-13(11)19(16)17/h3-10H,1-2H3. The molecule has 0 aliphatic carbocycles. The van der Waals surface area contributed by atoms with E-state index in [0.29, 0.717) is 0 Å². The fourth-order valence-electron chi connectivity index (χ4n) is 3.95. The van der Waals surface area contributed by atoms with Gasteiger partial charge in [0.1, 0.15) is 0 Å². The number of aryl methyl sites for hydroxylation is 2. The Kier molecular flexibility index (Phi) is 1.68. The van der Waals surface area contributed by atoms with Gasteiger partial charge in [-0.15, -0.1) is 0 Å². The van der Waals surface area contributed by atoms with Gasteiger partial charge in [0.05, 0.1) is 0 Å². The minimum absolute atomic E-state index is 1.38. The smallest absolute Gasteiger partial charge is 0.00236 e. The average Bonchev–Trinajstić information content (AvgIpc) is 2.98. The van der Waals surface area contributed by atoms with Crippen LogP contribution in [0, 0.1) is 13.8 Å². The first-order chi connectivity index (χ1) is 9.75. The molecule has 0 heterocycles. The molecule has 0 heteroatoms. The predicted molar refractivity (Wildman–Crippen MR) is 88.3 cm³/mol. The van der Waals surface area contributed by atoms with E-state index in [1.54, 1.807) is 0 Å². The van der Waals surface area contributed by atoms with Gasteiger partial charge in [0.2, 0.25) is 0 Å². The summed E-state index contributed by atoms with van der Waals surface area (Å²) in [4.78, 5) is 0. The van der Waals surface area contributed by atoms with E-state index in [4.69, 9.17) is 0 Å². The zero-order chi connectivity index (χ0) is 13.4. The Morgan fingerprint density at radius 3 is 1.35 bits per heavy atom. The van der Waals surface area contributed by atoms with Gasteiger partial charge in [-0.05, 0) is 68.1 Å². The Morgan fingerprint density at radius 1 is 0.500 bits per heavy atom. The van der Waals surface area contributed by atoms with Crippen LogP contribution in [0.2, 0.25) is 0 Å². The van der Waals surface area contributed by atoms with Crippen LogP contribution in [0.3, 0.4) is 0 Å². The van der Waals surface area contributed by atoms with Crippen molar-refractivity contribution >= 4 is 43.1 Å². The monoisotopic (exact) mass is 254 g/mol. The highest BCUT2D eigenvalue weighted by Gasteiger charge is 2.16. The SMILES string of the molecule is Cc1cc2c3cccc4c(C)cc(c5cccc1c52)c43. The summed E-state index contributed by atoms with van der Waals surface area (Å²) in [6.45, 7) is 4.44. The quantitative estimate of drug-likeness (QED) is 0.307. The molecule has 0 aliphatic heterocycles. The third-order valence-corrected chi connectivity index (χ3v) is 4.82. The van der Waals surface area contributed by atoms with Crippen LogP contribution in [0.5, 0.6) is 0 Å². The van der Waals surface area contributed by atoms with Gasteiger partial charge in [-0.2, -0.15) is 0 Å². The summed E-state index contributed by atoms with van der Waals surface area (Å²) in [5.74, 6) is 0. The van der Waals surface area contributed by atoms with Crippen LogP contribution in [0.25, 0.3) is 43.1 Å². The fourth-order valence-corrected chi connectivity index (χ4v) is 3.95. The van der Waals surface area contributed by atoms with Crippen molar-refractivity contribution in [2.45, 2.75) is 13.8 Å². The van der Waals surface area contributed by atoms with Crippen LogP contribution < -0.4 is 0 Å². The zero-order valence-corrected chi connectivity index (χ0v) is 11.6. The summed E-state index contributed by atoms with van der Waals surface area (Å²) in [5, 5.41) is 11.3. The van der Waals surface area contributed by atoms with Gasteiger partial charge in [0, 0.05) is 0 Å². The third kappa shape index (κ3) is 1.01. The Bertz CT molecular complexity index is 1010. The first-order valence-corrected chi connectivity index (χ1v) is 7.14. The van der Waals surface area contributed by atoms with E-state index in [1.807, 2.05) is 0 Å². The number of hydrogen-bond donors (Lipinski definition) is 0. The minimum atomic E-state index is 1.38. The lowest BCUT2D eigenvalue weighted by atomic mass is 9.97. The van der Waals surface area contributed by atoms with Crippen molar-refractivity contribution in [3.05, 3.63) is 59.7 Å². The van der Waals surface area contributed by atoms with E-state index in [0.717, 1.165) is 0 Å². The molecule has 0 spiro atoms. The highest BCUT2D eigenvalue weighted by atomic mass is 14.2. The lowest BCUT2D eigenvalue weighted by molar-refractivity contribution is 1.59. The molecule has 0 aromatic heterocycles. The van der Waals surface area contributed by atoms with Gasteiger partial charge >= 0.3 is 0 Å². The van der Waals surface area contributed by atoms with E-state index >= 15 is 0 Å². The Labute approximate surface area is 117 Å². The molecule has 0 fully saturated rings. The lowest BCUT2D eigenvalue weighted by Gasteiger charge is -2.06. The second kappa shape index (κ2) is 3.21. The van der Waals surface area contributed by atoms with Gasteiger partial charge in [-0.25, -0.2) is 0 Å².